The van der Waals surface area contributed by atoms with Crippen LogP contribution in [0.1, 0.15) is 36.0 Å². The fraction of sp³-hybridized carbons (Fsp3) is 0.533. The van der Waals surface area contributed by atoms with Crippen molar-refractivity contribution in [3.05, 3.63) is 23.9 Å². The Bertz CT molecular complexity index is 591. The Hall–Kier alpha value is -1.95. The molecule has 6 heteroatoms. The Morgan fingerprint density at radius 3 is 2.67 bits per heavy atom. The molecule has 110 valence electrons. The summed E-state index contributed by atoms with van der Waals surface area (Å²) in [5.41, 5.74) is 0.683. The molecule has 1 aromatic rings. The number of nitrogens with zero attached hydrogens (tertiary/aromatic N) is 5. The molecule has 1 saturated heterocycles. The average molecular weight is 285 g/mol. The van der Waals surface area contributed by atoms with Gasteiger partial charge in [-0.25, -0.2) is 20.0 Å². The number of guanidine groups is 1. The topological polar surface area (TPSA) is 52.0 Å². The first-order valence-electron chi connectivity index (χ1n) is 7.72. The second kappa shape index (κ2) is 5.11. The molecule has 0 N–H and O–H groups in total. The Labute approximate surface area is 124 Å². The van der Waals surface area contributed by atoms with Crippen LogP contribution in [-0.2, 0) is 0 Å². The minimum absolute atomic E-state index is 0.0282. The molecule has 0 saturated carbocycles. The molecule has 6 nitrogen and oxygen atoms in total. The van der Waals surface area contributed by atoms with Crippen molar-refractivity contribution in [2.75, 3.05) is 31.2 Å². The van der Waals surface area contributed by atoms with Crippen LogP contribution in [0.3, 0.4) is 0 Å². The fourth-order valence-electron chi connectivity index (χ4n) is 3.30. The lowest BCUT2D eigenvalue weighted by Gasteiger charge is -2.40. The number of carbonyl (C=O) groups excluding carboxylic acids is 1. The van der Waals surface area contributed by atoms with Gasteiger partial charge < -0.3 is 0 Å². The smallest absolute Gasteiger partial charge is 0.264 e. The second-order valence-electron chi connectivity index (χ2n) is 5.69. The molecule has 21 heavy (non-hydrogen) atoms. The summed E-state index contributed by atoms with van der Waals surface area (Å²) in [6, 6.07) is 3.69. The minimum atomic E-state index is 0.0282. The van der Waals surface area contributed by atoms with Gasteiger partial charge in [-0.3, -0.25) is 9.69 Å². The Morgan fingerprint density at radius 2 is 1.86 bits per heavy atom. The molecule has 1 amide bonds. The molecule has 4 rings (SSSR count). The van der Waals surface area contributed by atoms with Gasteiger partial charge in [0.2, 0.25) is 5.96 Å². The van der Waals surface area contributed by atoms with E-state index in [2.05, 4.69) is 20.0 Å². The number of amides is 1. The fourth-order valence-corrected chi connectivity index (χ4v) is 3.30. The standard InChI is InChI=1S/C15H19N5O/c21-14-12-6-5-7-16-13(12)20(15-17-8-11-19(14)15)18-9-3-1-2-4-10-18/h5-7H,1-4,8-11H2. The maximum atomic E-state index is 12.6. The highest BCUT2D eigenvalue weighted by Crippen LogP contribution is 2.30. The molecule has 0 aliphatic carbocycles. The van der Waals surface area contributed by atoms with Crippen LogP contribution in [-0.4, -0.2) is 52.9 Å². The average Bonchev–Trinajstić information content (AvgIpc) is 2.84. The van der Waals surface area contributed by atoms with Crippen molar-refractivity contribution in [2.45, 2.75) is 25.7 Å². The quantitative estimate of drug-likeness (QED) is 0.785. The number of pyridine rings is 1. The van der Waals surface area contributed by atoms with Crippen LogP contribution in [0.5, 0.6) is 0 Å². The summed E-state index contributed by atoms with van der Waals surface area (Å²) in [4.78, 5) is 23.4. The molecular formula is C15H19N5O. The van der Waals surface area contributed by atoms with E-state index in [4.69, 9.17) is 0 Å². The maximum Gasteiger partial charge on any atom is 0.264 e. The van der Waals surface area contributed by atoms with Crippen LogP contribution in [0.2, 0.25) is 0 Å². The first kappa shape index (κ1) is 12.8. The van der Waals surface area contributed by atoms with Crippen LogP contribution < -0.4 is 5.01 Å². The number of rotatable bonds is 1. The number of fused-ring (bicyclic) bond motifs is 2. The largest absolute Gasteiger partial charge is 0.275 e. The van der Waals surface area contributed by atoms with Crippen LogP contribution >= 0.6 is 0 Å². The molecule has 0 spiro atoms. The van der Waals surface area contributed by atoms with Crippen LogP contribution in [0, 0.1) is 0 Å². The number of hydrogen-bond acceptors (Lipinski definition) is 5. The van der Waals surface area contributed by atoms with Crippen molar-refractivity contribution in [1.82, 2.24) is 14.9 Å². The molecule has 0 atom stereocenters. The summed E-state index contributed by atoms with van der Waals surface area (Å²) in [5.74, 6) is 1.52. The second-order valence-corrected chi connectivity index (χ2v) is 5.69. The minimum Gasteiger partial charge on any atom is -0.275 e. The number of carbonyl (C=O) groups is 1. The highest BCUT2D eigenvalue weighted by Gasteiger charge is 2.40. The first-order chi connectivity index (χ1) is 10.4. The van der Waals surface area contributed by atoms with E-state index in [0.717, 1.165) is 24.9 Å². The van der Waals surface area contributed by atoms with E-state index >= 15 is 0 Å². The van der Waals surface area contributed by atoms with Crippen LogP contribution in [0.25, 0.3) is 0 Å². The predicted octanol–water partition coefficient (Wildman–Crippen LogP) is 1.50. The highest BCUT2D eigenvalue weighted by atomic mass is 16.2. The lowest BCUT2D eigenvalue weighted by atomic mass is 10.2. The third kappa shape index (κ3) is 2.01. The van der Waals surface area contributed by atoms with Crippen LogP contribution in [0.15, 0.2) is 23.3 Å². The van der Waals surface area contributed by atoms with E-state index in [-0.39, 0.29) is 5.91 Å². The Balaban J connectivity index is 1.79. The summed E-state index contributed by atoms with van der Waals surface area (Å²) in [6.07, 6.45) is 6.66. The maximum absolute atomic E-state index is 12.6. The summed E-state index contributed by atoms with van der Waals surface area (Å²) < 4.78 is 0. The van der Waals surface area contributed by atoms with Crippen molar-refractivity contribution in [1.29, 1.82) is 0 Å². The molecule has 0 radical (unpaired) electrons. The van der Waals surface area contributed by atoms with Crippen LogP contribution in [0.4, 0.5) is 5.82 Å². The predicted molar refractivity (Wildman–Crippen MR) is 80.1 cm³/mol. The van der Waals surface area contributed by atoms with Gasteiger partial charge in [0.05, 0.1) is 12.1 Å². The monoisotopic (exact) mass is 285 g/mol. The number of hydrazine groups is 1. The van der Waals surface area contributed by atoms with E-state index in [9.17, 15) is 4.79 Å². The van der Waals surface area contributed by atoms with E-state index in [1.54, 1.807) is 11.1 Å². The van der Waals surface area contributed by atoms with Crippen molar-refractivity contribution in [3.63, 3.8) is 0 Å². The molecular weight excluding hydrogens is 266 g/mol. The molecule has 0 aromatic carbocycles. The summed E-state index contributed by atoms with van der Waals surface area (Å²) >= 11 is 0. The SMILES string of the molecule is O=C1c2cccnc2N(N2CCCCCC2)C2=NCCN12. The summed E-state index contributed by atoms with van der Waals surface area (Å²) in [6.45, 7) is 3.35. The number of aliphatic imine (C=N–C) groups is 1. The molecule has 1 fully saturated rings. The van der Waals surface area contributed by atoms with Gasteiger partial charge in [-0.15, -0.1) is 0 Å². The normalized spacial score (nSPS) is 22.7. The third-order valence-corrected chi connectivity index (χ3v) is 4.34. The molecule has 3 aliphatic rings. The van der Waals surface area contributed by atoms with Gasteiger partial charge >= 0.3 is 0 Å². The first-order valence-corrected chi connectivity index (χ1v) is 7.72. The van der Waals surface area contributed by atoms with E-state index in [1.807, 2.05) is 12.1 Å². The number of hydrogen-bond donors (Lipinski definition) is 0. The molecule has 3 aliphatic heterocycles. The zero-order valence-electron chi connectivity index (χ0n) is 12.0. The van der Waals surface area contributed by atoms with E-state index in [0.29, 0.717) is 18.7 Å². The highest BCUT2D eigenvalue weighted by molar-refractivity contribution is 6.18. The van der Waals surface area contributed by atoms with Gasteiger partial charge in [0.25, 0.3) is 5.91 Å². The third-order valence-electron chi connectivity index (χ3n) is 4.34. The van der Waals surface area contributed by atoms with E-state index < -0.39 is 0 Å². The Morgan fingerprint density at radius 1 is 1.05 bits per heavy atom. The summed E-state index contributed by atoms with van der Waals surface area (Å²) in [7, 11) is 0. The van der Waals surface area contributed by atoms with Crippen molar-refractivity contribution < 1.29 is 4.79 Å². The van der Waals surface area contributed by atoms with Gasteiger partial charge in [-0.05, 0) is 25.0 Å². The zero-order valence-corrected chi connectivity index (χ0v) is 12.0. The van der Waals surface area contributed by atoms with Gasteiger partial charge in [-0.2, -0.15) is 0 Å². The lowest BCUT2D eigenvalue weighted by Crippen LogP contribution is -2.57. The van der Waals surface area contributed by atoms with Crippen molar-refractivity contribution in [2.24, 2.45) is 4.99 Å². The number of anilines is 1. The van der Waals surface area contributed by atoms with Gasteiger partial charge in [-0.1, -0.05) is 12.8 Å². The van der Waals surface area contributed by atoms with Gasteiger partial charge in [0.1, 0.15) is 0 Å². The molecule has 0 bridgehead atoms. The van der Waals surface area contributed by atoms with Gasteiger partial charge in [0, 0.05) is 25.8 Å². The Kier molecular flexibility index (Phi) is 3.11. The number of aromatic nitrogens is 1. The lowest BCUT2D eigenvalue weighted by molar-refractivity contribution is 0.0842. The van der Waals surface area contributed by atoms with E-state index in [1.165, 1.54) is 25.7 Å². The molecule has 4 heterocycles. The molecule has 0 unspecified atom stereocenters. The van der Waals surface area contributed by atoms with Gasteiger partial charge in [0.15, 0.2) is 5.82 Å². The van der Waals surface area contributed by atoms with Crippen molar-refractivity contribution in [3.8, 4) is 0 Å². The zero-order chi connectivity index (χ0) is 14.2. The molecule has 1 aromatic heterocycles. The summed E-state index contributed by atoms with van der Waals surface area (Å²) in [5, 5.41) is 4.39. The van der Waals surface area contributed by atoms with Crippen molar-refractivity contribution >= 4 is 17.7 Å².